The van der Waals surface area contributed by atoms with Crippen molar-refractivity contribution >= 4 is 0 Å². The van der Waals surface area contributed by atoms with E-state index < -0.39 is 0 Å². The third-order valence-corrected chi connectivity index (χ3v) is 3.25. The van der Waals surface area contributed by atoms with Gasteiger partial charge in [-0.05, 0) is 50.2 Å². The van der Waals surface area contributed by atoms with Crippen LogP contribution in [0.1, 0.15) is 46.1 Å². The summed E-state index contributed by atoms with van der Waals surface area (Å²) >= 11 is 0. The zero-order valence-electron chi connectivity index (χ0n) is 13.4. The van der Waals surface area contributed by atoms with Crippen molar-refractivity contribution in [1.82, 2.24) is 0 Å². The Morgan fingerprint density at radius 2 is 1.35 bits per heavy atom. The van der Waals surface area contributed by atoms with Crippen molar-refractivity contribution in [1.29, 1.82) is 0 Å². The molecule has 0 aromatic heterocycles. The highest BCUT2D eigenvalue weighted by Gasteiger charge is 2.09. The van der Waals surface area contributed by atoms with Crippen LogP contribution < -0.4 is 9.47 Å². The first-order chi connectivity index (χ1) is 9.54. The maximum absolute atomic E-state index is 5.89. The molecular formula is C18H29O2. The molecule has 2 nitrogen and oxygen atoms in total. The average molecular weight is 277 g/mol. The van der Waals surface area contributed by atoms with Gasteiger partial charge in [0, 0.05) is 5.56 Å². The van der Waals surface area contributed by atoms with E-state index in [1.165, 1.54) is 0 Å². The summed E-state index contributed by atoms with van der Waals surface area (Å²) in [4.78, 5) is 0. The fraction of sp³-hybridized carbons (Fsp3) is 0.611. The van der Waals surface area contributed by atoms with E-state index in [2.05, 4.69) is 34.6 Å². The van der Waals surface area contributed by atoms with Crippen LogP contribution in [0, 0.1) is 18.8 Å². The zero-order chi connectivity index (χ0) is 15.0. The lowest BCUT2D eigenvalue weighted by Gasteiger charge is -2.16. The molecule has 0 atom stereocenters. The lowest BCUT2D eigenvalue weighted by atomic mass is 10.1. The third-order valence-electron chi connectivity index (χ3n) is 3.25. The molecule has 1 aromatic rings. The topological polar surface area (TPSA) is 18.5 Å². The lowest BCUT2D eigenvalue weighted by Crippen LogP contribution is -2.06. The van der Waals surface area contributed by atoms with Crippen LogP contribution in [0.5, 0.6) is 11.5 Å². The first kappa shape index (κ1) is 16.9. The van der Waals surface area contributed by atoms with Gasteiger partial charge in [0.2, 0.25) is 0 Å². The molecule has 113 valence electrons. The molecule has 0 saturated carbocycles. The molecule has 0 unspecified atom stereocenters. The van der Waals surface area contributed by atoms with E-state index in [9.17, 15) is 0 Å². The molecule has 0 aliphatic carbocycles. The second kappa shape index (κ2) is 8.89. The molecule has 0 N–H and O–H groups in total. The van der Waals surface area contributed by atoms with Gasteiger partial charge in [0.1, 0.15) is 11.5 Å². The van der Waals surface area contributed by atoms with E-state index >= 15 is 0 Å². The Bertz CT molecular complexity index is 351. The molecule has 20 heavy (non-hydrogen) atoms. The Kier molecular flexibility index (Phi) is 7.50. The second-order valence-electron chi connectivity index (χ2n) is 6.04. The molecule has 0 aliphatic rings. The molecule has 1 rings (SSSR count). The largest absolute Gasteiger partial charge is 0.493 e. The molecule has 0 amide bonds. The van der Waals surface area contributed by atoms with Crippen molar-refractivity contribution in [3.05, 3.63) is 30.7 Å². The number of benzene rings is 1. The van der Waals surface area contributed by atoms with Crippen LogP contribution in [0.25, 0.3) is 0 Å². The molecule has 0 fully saturated rings. The minimum absolute atomic E-state index is 0.656. The van der Waals surface area contributed by atoms with E-state index in [0.717, 1.165) is 43.1 Å². The molecule has 1 radical (unpaired) electrons. The van der Waals surface area contributed by atoms with E-state index in [1.54, 1.807) is 0 Å². The van der Waals surface area contributed by atoms with Crippen LogP contribution in [0.3, 0.4) is 0 Å². The Morgan fingerprint density at radius 1 is 0.900 bits per heavy atom. The summed E-state index contributed by atoms with van der Waals surface area (Å²) < 4.78 is 11.8. The van der Waals surface area contributed by atoms with Crippen molar-refractivity contribution in [2.45, 2.75) is 47.0 Å². The minimum atomic E-state index is 0.656. The second-order valence-corrected chi connectivity index (χ2v) is 6.04. The average Bonchev–Trinajstić information content (AvgIpc) is 2.38. The van der Waals surface area contributed by atoms with Gasteiger partial charge in [0.15, 0.2) is 0 Å². The smallest absolute Gasteiger partial charge is 0.126 e. The first-order valence-electron chi connectivity index (χ1n) is 7.71. The van der Waals surface area contributed by atoms with E-state index in [1.807, 2.05) is 18.2 Å². The van der Waals surface area contributed by atoms with Gasteiger partial charge in [-0.3, -0.25) is 0 Å². The molecule has 0 heterocycles. The van der Waals surface area contributed by atoms with Gasteiger partial charge in [-0.1, -0.05) is 33.8 Å². The fourth-order valence-corrected chi connectivity index (χ4v) is 1.87. The summed E-state index contributed by atoms with van der Waals surface area (Å²) in [5, 5.41) is 0. The number of rotatable bonds is 9. The Morgan fingerprint density at radius 3 is 1.70 bits per heavy atom. The van der Waals surface area contributed by atoms with Crippen molar-refractivity contribution in [3.8, 4) is 11.5 Å². The highest BCUT2D eigenvalue weighted by atomic mass is 16.5. The quantitative estimate of drug-likeness (QED) is 0.638. The van der Waals surface area contributed by atoms with Crippen LogP contribution in [0.15, 0.2) is 18.2 Å². The van der Waals surface area contributed by atoms with Crippen molar-refractivity contribution in [3.63, 3.8) is 0 Å². The van der Waals surface area contributed by atoms with E-state index in [4.69, 9.17) is 9.47 Å². The first-order valence-corrected chi connectivity index (χ1v) is 7.71. The summed E-state index contributed by atoms with van der Waals surface area (Å²) in [6.45, 7) is 14.3. The van der Waals surface area contributed by atoms with Crippen LogP contribution in [-0.2, 0) is 6.42 Å². The number of hydrogen-bond acceptors (Lipinski definition) is 2. The fourth-order valence-electron chi connectivity index (χ4n) is 1.87. The summed E-state index contributed by atoms with van der Waals surface area (Å²) in [5.41, 5.74) is 1.08. The van der Waals surface area contributed by atoms with Crippen LogP contribution in [-0.4, -0.2) is 13.2 Å². The van der Waals surface area contributed by atoms with Gasteiger partial charge in [0.25, 0.3) is 0 Å². The van der Waals surface area contributed by atoms with Crippen molar-refractivity contribution < 1.29 is 9.47 Å². The Labute approximate surface area is 124 Å². The number of ether oxygens (including phenoxy) is 2. The Balaban J connectivity index is 2.65. The monoisotopic (exact) mass is 277 g/mol. The predicted molar refractivity (Wildman–Crippen MR) is 85.4 cm³/mol. The molecule has 0 saturated heterocycles. The summed E-state index contributed by atoms with van der Waals surface area (Å²) in [7, 11) is 0. The van der Waals surface area contributed by atoms with Crippen LogP contribution in [0.4, 0.5) is 0 Å². The van der Waals surface area contributed by atoms with Crippen molar-refractivity contribution in [2.75, 3.05) is 13.2 Å². The predicted octanol–water partition coefficient (Wildman–Crippen LogP) is 4.91. The highest BCUT2D eigenvalue weighted by molar-refractivity contribution is 5.45. The lowest BCUT2D eigenvalue weighted by molar-refractivity contribution is 0.272. The van der Waals surface area contributed by atoms with Crippen molar-refractivity contribution in [2.24, 2.45) is 11.8 Å². The molecule has 2 heteroatoms. The van der Waals surface area contributed by atoms with Gasteiger partial charge in [-0.2, -0.15) is 0 Å². The molecular weight excluding hydrogens is 248 g/mol. The van der Waals surface area contributed by atoms with Gasteiger partial charge in [-0.15, -0.1) is 0 Å². The molecule has 0 spiro atoms. The SMILES string of the molecule is [CH2]Cc1c(OCCC(C)C)cccc1OCCC(C)C. The summed E-state index contributed by atoms with van der Waals surface area (Å²) in [6.07, 6.45) is 2.82. The molecule has 0 bridgehead atoms. The zero-order valence-corrected chi connectivity index (χ0v) is 13.4. The van der Waals surface area contributed by atoms with E-state index in [0.29, 0.717) is 18.3 Å². The third kappa shape index (κ3) is 5.85. The van der Waals surface area contributed by atoms with Gasteiger partial charge >= 0.3 is 0 Å². The van der Waals surface area contributed by atoms with Crippen LogP contribution >= 0.6 is 0 Å². The minimum Gasteiger partial charge on any atom is -0.493 e. The highest BCUT2D eigenvalue weighted by Crippen LogP contribution is 2.29. The standard InChI is InChI=1S/C18H29O2/c1-6-16-17(19-12-10-14(2)3)8-7-9-18(16)20-13-11-15(4)5/h7-9,14-15H,1,6,10-13H2,2-5H3. The normalized spacial score (nSPS) is 11.2. The van der Waals surface area contributed by atoms with Crippen LogP contribution in [0.2, 0.25) is 0 Å². The molecule has 0 aliphatic heterocycles. The maximum Gasteiger partial charge on any atom is 0.126 e. The maximum atomic E-state index is 5.89. The molecule has 1 aromatic carbocycles. The summed E-state index contributed by atoms with van der Waals surface area (Å²) in [6, 6.07) is 6.01. The van der Waals surface area contributed by atoms with Gasteiger partial charge < -0.3 is 9.47 Å². The Hall–Kier alpha value is -1.18. The number of hydrogen-bond donors (Lipinski definition) is 0. The summed E-state index contributed by atoms with van der Waals surface area (Å²) in [5.74, 6) is 3.15. The van der Waals surface area contributed by atoms with Gasteiger partial charge in [-0.25, -0.2) is 0 Å². The van der Waals surface area contributed by atoms with E-state index in [-0.39, 0.29) is 0 Å². The van der Waals surface area contributed by atoms with Gasteiger partial charge in [0.05, 0.1) is 13.2 Å².